The van der Waals surface area contributed by atoms with E-state index in [4.69, 9.17) is 19.4 Å². The molecule has 1 aromatic heterocycles. The van der Waals surface area contributed by atoms with Crippen molar-refractivity contribution in [1.82, 2.24) is 20.4 Å². The van der Waals surface area contributed by atoms with Crippen molar-refractivity contribution in [3.05, 3.63) is 52.6 Å². The number of carbonyl (C=O) groups excluding carboxylic acids is 1. The average molecular weight is 525 g/mol. The lowest BCUT2D eigenvalue weighted by Crippen LogP contribution is -2.36. The van der Waals surface area contributed by atoms with Crippen LogP contribution in [0, 0.1) is 13.8 Å². The Morgan fingerprint density at radius 2 is 1.95 bits per heavy atom. The third kappa shape index (κ3) is 8.11. The van der Waals surface area contributed by atoms with Crippen molar-refractivity contribution in [3.8, 4) is 28.6 Å². The fourth-order valence-electron chi connectivity index (χ4n) is 4.33. The van der Waals surface area contributed by atoms with Gasteiger partial charge in [0, 0.05) is 24.2 Å². The largest absolute Gasteiger partial charge is 0.490 e. The number of amides is 1. The van der Waals surface area contributed by atoms with Crippen molar-refractivity contribution in [2.75, 3.05) is 33.4 Å². The predicted octanol–water partition coefficient (Wildman–Crippen LogP) is 3.66. The number of unbranched alkanes of at least 4 members (excludes halogenated alkanes) is 1. The number of aliphatic hydroxyl groups is 2. The van der Waals surface area contributed by atoms with Crippen molar-refractivity contribution in [2.45, 2.75) is 59.6 Å². The number of benzene rings is 2. The monoisotopic (exact) mass is 524 g/mol. The minimum absolute atomic E-state index is 0.000674. The summed E-state index contributed by atoms with van der Waals surface area (Å²) in [7, 11) is 2.14. The number of carbonyl (C=O) groups is 1. The highest BCUT2D eigenvalue weighted by Gasteiger charge is 2.17. The second-order valence-corrected chi connectivity index (χ2v) is 9.78. The van der Waals surface area contributed by atoms with Crippen LogP contribution < -0.4 is 10.1 Å². The summed E-state index contributed by atoms with van der Waals surface area (Å²) in [6.45, 7) is 9.54. The molecule has 3 N–H and O–H groups in total. The maximum absolute atomic E-state index is 11.2. The molecule has 0 saturated carbocycles. The first-order valence-corrected chi connectivity index (χ1v) is 13.2. The van der Waals surface area contributed by atoms with Gasteiger partial charge >= 0.3 is 0 Å². The van der Waals surface area contributed by atoms with E-state index in [2.05, 4.69) is 54.5 Å². The molecule has 3 aromatic rings. The van der Waals surface area contributed by atoms with Gasteiger partial charge in [0.25, 0.3) is 5.89 Å². The molecule has 3 rings (SSSR count). The highest BCUT2D eigenvalue weighted by molar-refractivity contribution is 5.76. The van der Waals surface area contributed by atoms with E-state index in [0.29, 0.717) is 23.9 Å². The van der Waals surface area contributed by atoms with Gasteiger partial charge in [-0.25, -0.2) is 0 Å². The van der Waals surface area contributed by atoms with Gasteiger partial charge in [-0.1, -0.05) is 37.1 Å². The summed E-state index contributed by atoms with van der Waals surface area (Å²) in [4.78, 5) is 18.2. The molecular formula is C29H40N4O5. The highest BCUT2D eigenvalue weighted by atomic mass is 16.5. The van der Waals surface area contributed by atoms with Crippen LogP contribution in [0.25, 0.3) is 22.8 Å². The van der Waals surface area contributed by atoms with E-state index in [-0.39, 0.29) is 13.2 Å². The molecule has 0 bridgehead atoms. The van der Waals surface area contributed by atoms with Gasteiger partial charge < -0.3 is 29.7 Å². The Morgan fingerprint density at radius 1 is 1.16 bits per heavy atom. The first kappa shape index (κ1) is 29.3. The smallest absolute Gasteiger partial charge is 0.258 e. The van der Waals surface area contributed by atoms with Crippen LogP contribution in [0.3, 0.4) is 0 Å². The molecule has 0 aliphatic heterocycles. The van der Waals surface area contributed by atoms with Crippen LogP contribution in [0.2, 0.25) is 0 Å². The first-order valence-electron chi connectivity index (χ1n) is 13.2. The van der Waals surface area contributed by atoms with Gasteiger partial charge in [-0.2, -0.15) is 4.98 Å². The first-order chi connectivity index (χ1) is 18.2. The summed E-state index contributed by atoms with van der Waals surface area (Å²) in [6.07, 6.45) is 2.15. The molecule has 38 heavy (non-hydrogen) atoms. The number of nitrogens with zero attached hydrogens (tertiary/aromatic N) is 3. The number of aryl methyl sites for hydroxylation is 3. The van der Waals surface area contributed by atoms with Crippen LogP contribution in [0.1, 0.15) is 48.9 Å². The molecular weight excluding hydrogens is 484 g/mol. The summed E-state index contributed by atoms with van der Waals surface area (Å²) in [6, 6.07) is 10.3. The molecule has 0 radical (unpaired) electrons. The van der Waals surface area contributed by atoms with Crippen molar-refractivity contribution >= 4 is 5.91 Å². The number of rotatable bonds is 14. The lowest BCUT2D eigenvalue weighted by molar-refractivity contribution is -0.124. The van der Waals surface area contributed by atoms with Crippen molar-refractivity contribution < 1.29 is 24.3 Å². The van der Waals surface area contributed by atoms with Crippen LogP contribution in [-0.4, -0.2) is 70.6 Å². The third-order valence-corrected chi connectivity index (χ3v) is 6.25. The Bertz CT molecular complexity index is 1210. The molecule has 2 aromatic carbocycles. The maximum Gasteiger partial charge on any atom is 0.258 e. The van der Waals surface area contributed by atoms with Gasteiger partial charge in [0.2, 0.25) is 11.7 Å². The number of aliphatic hydroxyl groups excluding tert-OH is 2. The van der Waals surface area contributed by atoms with E-state index < -0.39 is 18.6 Å². The summed E-state index contributed by atoms with van der Waals surface area (Å²) >= 11 is 0. The minimum Gasteiger partial charge on any atom is -0.490 e. The van der Waals surface area contributed by atoms with Crippen LogP contribution in [0.4, 0.5) is 0 Å². The van der Waals surface area contributed by atoms with Gasteiger partial charge in [-0.05, 0) is 81.2 Å². The third-order valence-electron chi connectivity index (χ3n) is 6.25. The van der Waals surface area contributed by atoms with Gasteiger partial charge in [0.1, 0.15) is 25.1 Å². The number of hydrogen-bond acceptors (Lipinski definition) is 8. The highest BCUT2D eigenvalue weighted by Crippen LogP contribution is 2.31. The normalized spacial score (nSPS) is 12.1. The van der Waals surface area contributed by atoms with Crippen molar-refractivity contribution in [3.63, 3.8) is 0 Å². The molecule has 0 saturated heterocycles. The quantitative estimate of drug-likeness (QED) is 0.292. The lowest BCUT2D eigenvalue weighted by atomic mass is 10.0. The topological polar surface area (TPSA) is 121 Å². The molecule has 0 fully saturated rings. The van der Waals surface area contributed by atoms with E-state index in [9.17, 15) is 9.90 Å². The Hall–Kier alpha value is -3.27. The summed E-state index contributed by atoms with van der Waals surface area (Å²) < 4.78 is 11.6. The van der Waals surface area contributed by atoms with E-state index in [1.807, 2.05) is 26.0 Å². The van der Waals surface area contributed by atoms with Crippen molar-refractivity contribution in [2.24, 2.45) is 0 Å². The van der Waals surface area contributed by atoms with Gasteiger partial charge in [-0.15, -0.1) is 0 Å². The minimum atomic E-state index is -0.903. The average Bonchev–Trinajstić information content (AvgIpc) is 3.39. The van der Waals surface area contributed by atoms with E-state index in [0.717, 1.165) is 40.9 Å². The summed E-state index contributed by atoms with van der Waals surface area (Å²) in [5.41, 5.74) is 5.91. The molecule has 9 heteroatoms. The van der Waals surface area contributed by atoms with Crippen LogP contribution in [-0.2, 0) is 17.8 Å². The molecule has 0 unspecified atom stereocenters. The number of aromatic nitrogens is 2. The Kier molecular flexibility index (Phi) is 10.8. The van der Waals surface area contributed by atoms with E-state index in [1.165, 1.54) is 18.4 Å². The molecule has 0 spiro atoms. The molecule has 0 aliphatic rings. The summed E-state index contributed by atoms with van der Waals surface area (Å²) in [5.74, 6) is 1.12. The standard InChI is InChI=1S/C29H40N4O5/c1-6-8-9-33(5)16-21-10-19(3)11-24(13-21)29-31-28(32-38-29)23-12-20(4)27(22(7-2)14-23)37-18-25(35)15-30-26(36)17-34/h10-14,25,34-35H,6-9,15-18H2,1-5H3,(H,30,36)/t25-/m0/s1. The number of ether oxygens (including phenoxy) is 1. The van der Waals surface area contributed by atoms with E-state index in [1.54, 1.807) is 0 Å². The SMILES string of the molecule is CCCCN(C)Cc1cc(C)cc(-c2nc(-c3cc(C)c(OC[C@@H](O)CNC(=O)CO)c(CC)c3)no2)c1. The zero-order chi connectivity index (χ0) is 27.7. The predicted molar refractivity (Wildman–Crippen MR) is 147 cm³/mol. The Labute approximate surface area is 224 Å². The molecule has 1 amide bonds. The van der Waals surface area contributed by atoms with Crippen LogP contribution >= 0.6 is 0 Å². The molecule has 9 nitrogen and oxygen atoms in total. The van der Waals surface area contributed by atoms with Gasteiger partial charge in [0.05, 0.1) is 0 Å². The van der Waals surface area contributed by atoms with Crippen molar-refractivity contribution in [1.29, 1.82) is 0 Å². The molecule has 206 valence electrons. The summed E-state index contributed by atoms with van der Waals surface area (Å²) in [5, 5.41) is 25.6. The molecule has 1 atom stereocenters. The second-order valence-electron chi connectivity index (χ2n) is 9.78. The Balaban J connectivity index is 1.76. The number of nitrogens with one attached hydrogen (secondary N) is 1. The van der Waals surface area contributed by atoms with Crippen LogP contribution in [0.5, 0.6) is 5.75 Å². The maximum atomic E-state index is 11.2. The Morgan fingerprint density at radius 3 is 2.66 bits per heavy atom. The molecule has 0 aliphatic carbocycles. The number of hydrogen-bond donors (Lipinski definition) is 3. The van der Waals surface area contributed by atoms with Crippen LogP contribution in [0.15, 0.2) is 34.9 Å². The zero-order valence-electron chi connectivity index (χ0n) is 23.1. The van der Waals surface area contributed by atoms with Gasteiger partial charge in [-0.3, -0.25) is 4.79 Å². The second kappa shape index (κ2) is 14.0. The van der Waals surface area contributed by atoms with Gasteiger partial charge in [0.15, 0.2) is 0 Å². The zero-order valence-corrected chi connectivity index (χ0v) is 23.1. The molecule has 1 heterocycles. The fourth-order valence-corrected chi connectivity index (χ4v) is 4.33. The fraction of sp³-hybridized carbons (Fsp3) is 0.483. The van der Waals surface area contributed by atoms with E-state index >= 15 is 0 Å². The lowest BCUT2D eigenvalue weighted by Gasteiger charge is -2.17.